The lowest BCUT2D eigenvalue weighted by molar-refractivity contribution is -0.385. The molecule has 1 aromatic heterocycles. The van der Waals surface area contributed by atoms with Crippen LogP contribution in [0, 0.1) is 21.8 Å². The van der Waals surface area contributed by atoms with Gasteiger partial charge in [0.1, 0.15) is 5.82 Å². The molecule has 2 rings (SSSR count). The van der Waals surface area contributed by atoms with Crippen LogP contribution in [0.4, 0.5) is 10.1 Å². The summed E-state index contributed by atoms with van der Waals surface area (Å²) in [5, 5.41) is 20.9. The van der Waals surface area contributed by atoms with Crippen molar-refractivity contribution in [3.8, 4) is 0 Å². The van der Waals surface area contributed by atoms with Crippen LogP contribution in [0.15, 0.2) is 36.7 Å². The summed E-state index contributed by atoms with van der Waals surface area (Å²) in [5.74, 6) is -0.436. The fourth-order valence-electron chi connectivity index (χ4n) is 2.17. The molecule has 0 saturated heterocycles. The summed E-state index contributed by atoms with van der Waals surface area (Å²) < 4.78 is 15.0. The van der Waals surface area contributed by atoms with Crippen LogP contribution in [0.3, 0.4) is 0 Å². The Labute approximate surface area is 121 Å². The molecule has 0 aliphatic heterocycles. The molecule has 0 amide bonds. The number of nitro groups is 1. The van der Waals surface area contributed by atoms with Crippen LogP contribution < -0.4 is 0 Å². The zero-order valence-corrected chi connectivity index (χ0v) is 11.9. The van der Waals surface area contributed by atoms with Gasteiger partial charge in [0, 0.05) is 18.5 Å². The standard InChI is InChI=1S/C15H17FN2O3/c1-10(2)15(19)11-5-6-17(8-11)9-12-7-13(16)3-4-14(12)18(20)21/h3-8,10,15,19H,9H2,1-2H3. The Morgan fingerprint density at radius 3 is 2.71 bits per heavy atom. The van der Waals surface area contributed by atoms with Gasteiger partial charge >= 0.3 is 0 Å². The monoisotopic (exact) mass is 292 g/mol. The lowest BCUT2D eigenvalue weighted by Crippen LogP contribution is -2.05. The molecule has 1 atom stereocenters. The molecule has 112 valence electrons. The largest absolute Gasteiger partial charge is 0.388 e. The third-order valence-electron chi connectivity index (χ3n) is 3.34. The van der Waals surface area contributed by atoms with Crippen LogP contribution in [0.1, 0.15) is 31.1 Å². The van der Waals surface area contributed by atoms with Crippen molar-refractivity contribution in [2.24, 2.45) is 5.92 Å². The van der Waals surface area contributed by atoms with E-state index in [0.29, 0.717) is 5.56 Å². The fraction of sp³-hybridized carbons (Fsp3) is 0.333. The van der Waals surface area contributed by atoms with E-state index >= 15 is 0 Å². The molecular weight excluding hydrogens is 275 g/mol. The number of hydrogen-bond acceptors (Lipinski definition) is 3. The molecule has 2 aromatic rings. The van der Waals surface area contributed by atoms with Crippen molar-refractivity contribution in [3.63, 3.8) is 0 Å². The lowest BCUT2D eigenvalue weighted by atomic mass is 10.0. The zero-order valence-electron chi connectivity index (χ0n) is 11.9. The quantitative estimate of drug-likeness (QED) is 0.679. The molecule has 1 aromatic carbocycles. The number of aromatic nitrogens is 1. The molecule has 0 aliphatic carbocycles. The van der Waals surface area contributed by atoms with Gasteiger partial charge in [-0.15, -0.1) is 0 Å². The van der Waals surface area contributed by atoms with E-state index in [4.69, 9.17) is 0 Å². The Hall–Kier alpha value is -2.21. The van der Waals surface area contributed by atoms with Gasteiger partial charge in [-0.25, -0.2) is 4.39 Å². The average molecular weight is 292 g/mol. The topological polar surface area (TPSA) is 68.3 Å². The number of halogens is 1. The van der Waals surface area contributed by atoms with E-state index in [2.05, 4.69) is 0 Å². The maximum absolute atomic E-state index is 13.3. The van der Waals surface area contributed by atoms with E-state index in [0.717, 1.165) is 23.8 Å². The minimum absolute atomic E-state index is 0.0735. The fourth-order valence-corrected chi connectivity index (χ4v) is 2.17. The molecule has 0 saturated carbocycles. The maximum Gasteiger partial charge on any atom is 0.274 e. The Balaban J connectivity index is 2.26. The first-order valence-corrected chi connectivity index (χ1v) is 6.65. The maximum atomic E-state index is 13.3. The van der Waals surface area contributed by atoms with E-state index in [-0.39, 0.29) is 18.2 Å². The number of aliphatic hydroxyl groups excluding tert-OH is 1. The Morgan fingerprint density at radius 2 is 2.10 bits per heavy atom. The Kier molecular flexibility index (Phi) is 4.37. The molecule has 0 radical (unpaired) electrons. The normalized spacial score (nSPS) is 12.6. The van der Waals surface area contributed by atoms with Gasteiger partial charge in [0.25, 0.3) is 5.69 Å². The van der Waals surface area contributed by atoms with Gasteiger partial charge in [-0.2, -0.15) is 0 Å². The first-order chi connectivity index (χ1) is 9.88. The van der Waals surface area contributed by atoms with Crippen LogP contribution in [-0.4, -0.2) is 14.6 Å². The van der Waals surface area contributed by atoms with Crippen LogP contribution in [0.2, 0.25) is 0 Å². The van der Waals surface area contributed by atoms with Gasteiger partial charge in [-0.1, -0.05) is 13.8 Å². The second-order valence-corrected chi connectivity index (χ2v) is 5.34. The van der Waals surface area contributed by atoms with Crippen molar-refractivity contribution < 1.29 is 14.4 Å². The highest BCUT2D eigenvalue weighted by Gasteiger charge is 2.16. The summed E-state index contributed by atoms with van der Waals surface area (Å²) >= 11 is 0. The molecule has 1 N–H and O–H groups in total. The lowest BCUT2D eigenvalue weighted by Gasteiger charge is -2.12. The number of benzene rings is 1. The molecule has 0 spiro atoms. The highest BCUT2D eigenvalue weighted by atomic mass is 19.1. The van der Waals surface area contributed by atoms with Crippen LogP contribution >= 0.6 is 0 Å². The van der Waals surface area contributed by atoms with Crippen LogP contribution in [0.25, 0.3) is 0 Å². The highest BCUT2D eigenvalue weighted by molar-refractivity contribution is 5.40. The van der Waals surface area contributed by atoms with Crippen molar-refractivity contribution in [3.05, 3.63) is 63.7 Å². The van der Waals surface area contributed by atoms with Crippen molar-refractivity contribution in [1.29, 1.82) is 0 Å². The smallest absolute Gasteiger partial charge is 0.274 e. The molecule has 0 aliphatic rings. The molecule has 1 heterocycles. The summed E-state index contributed by atoms with van der Waals surface area (Å²) in [4.78, 5) is 10.4. The Bertz CT molecular complexity index is 652. The molecule has 1 unspecified atom stereocenters. The predicted octanol–water partition coefficient (Wildman–Crippen LogP) is 3.27. The number of nitro benzene ring substituents is 1. The van der Waals surface area contributed by atoms with Gasteiger partial charge in [0.05, 0.1) is 23.1 Å². The van der Waals surface area contributed by atoms with Crippen molar-refractivity contribution in [2.45, 2.75) is 26.5 Å². The van der Waals surface area contributed by atoms with E-state index in [1.165, 1.54) is 0 Å². The van der Waals surface area contributed by atoms with Crippen molar-refractivity contribution in [1.82, 2.24) is 4.57 Å². The second kappa shape index (κ2) is 6.05. The molecule has 21 heavy (non-hydrogen) atoms. The van der Waals surface area contributed by atoms with Gasteiger partial charge in [0.2, 0.25) is 0 Å². The van der Waals surface area contributed by atoms with Crippen molar-refractivity contribution in [2.75, 3.05) is 0 Å². The number of aliphatic hydroxyl groups is 1. The molecule has 6 heteroatoms. The van der Waals surface area contributed by atoms with Gasteiger partial charge in [-0.05, 0) is 29.7 Å². The second-order valence-electron chi connectivity index (χ2n) is 5.34. The number of nitrogens with zero attached hydrogens (tertiary/aromatic N) is 2. The van der Waals surface area contributed by atoms with Crippen molar-refractivity contribution >= 4 is 5.69 Å². The summed E-state index contributed by atoms with van der Waals surface area (Å²) in [6.07, 6.45) is 2.85. The zero-order chi connectivity index (χ0) is 15.6. The highest BCUT2D eigenvalue weighted by Crippen LogP contribution is 2.24. The van der Waals surface area contributed by atoms with Crippen LogP contribution in [-0.2, 0) is 6.54 Å². The number of hydrogen-bond donors (Lipinski definition) is 1. The van der Waals surface area contributed by atoms with E-state index < -0.39 is 16.8 Å². The molecule has 0 bridgehead atoms. The third kappa shape index (κ3) is 3.46. The summed E-state index contributed by atoms with van der Waals surface area (Å²) in [6.45, 7) is 3.98. The molecular formula is C15H17FN2O3. The van der Waals surface area contributed by atoms with Gasteiger partial charge < -0.3 is 9.67 Å². The summed E-state index contributed by atoms with van der Waals surface area (Å²) in [7, 11) is 0. The summed E-state index contributed by atoms with van der Waals surface area (Å²) in [6, 6.07) is 5.16. The summed E-state index contributed by atoms with van der Waals surface area (Å²) in [5.41, 5.74) is 0.918. The predicted molar refractivity (Wildman–Crippen MR) is 76.4 cm³/mol. The average Bonchev–Trinajstić information content (AvgIpc) is 2.85. The first-order valence-electron chi connectivity index (χ1n) is 6.65. The number of rotatable bonds is 5. The van der Waals surface area contributed by atoms with E-state index in [1.54, 1.807) is 23.0 Å². The Morgan fingerprint density at radius 1 is 1.38 bits per heavy atom. The van der Waals surface area contributed by atoms with Crippen LogP contribution in [0.5, 0.6) is 0 Å². The third-order valence-corrected chi connectivity index (χ3v) is 3.34. The minimum atomic E-state index is -0.589. The molecule has 5 nitrogen and oxygen atoms in total. The first kappa shape index (κ1) is 15.2. The SMILES string of the molecule is CC(C)C(O)c1ccn(Cc2cc(F)ccc2[N+](=O)[O-])c1. The minimum Gasteiger partial charge on any atom is -0.388 e. The van der Waals surface area contributed by atoms with E-state index in [1.807, 2.05) is 13.8 Å². The van der Waals surface area contributed by atoms with Gasteiger partial charge in [0.15, 0.2) is 0 Å². The molecule has 0 fully saturated rings. The van der Waals surface area contributed by atoms with E-state index in [9.17, 15) is 19.6 Å². The van der Waals surface area contributed by atoms with Gasteiger partial charge in [-0.3, -0.25) is 10.1 Å².